The second-order valence-corrected chi connectivity index (χ2v) is 8.98. The fourth-order valence-corrected chi connectivity index (χ4v) is 4.49. The topological polar surface area (TPSA) is 126 Å². The molecule has 2 heterocycles. The number of aromatic nitrogens is 1. The molecule has 0 bridgehead atoms. The molecule has 1 aliphatic heterocycles. The Kier molecular flexibility index (Phi) is 7.90. The third kappa shape index (κ3) is 6.82. The number of halogens is 6. The van der Waals surface area contributed by atoms with Crippen LogP contribution in [0.3, 0.4) is 0 Å². The van der Waals surface area contributed by atoms with E-state index in [4.69, 9.17) is 11.5 Å². The standard InChI is InChI=1S/C21H28F6N6O2/c22-20(23,24)11-1-3-13(4-2-11)31-19(35)14-9-15(28)17(30-10-16(29)34)32-18(14)33-7-5-12(6-8-33)21(25,26)27/h9,11-13H,1-8,10,28H2,(H2,29,34)(H,30,32)(H,31,35)/t11-,13-. The third-order valence-corrected chi connectivity index (χ3v) is 6.49. The van der Waals surface area contributed by atoms with Gasteiger partial charge in [-0.05, 0) is 44.6 Å². The van der Waals surface area contributed by atoms with Gasteiger partial charge in [0.05, 0.1) is 29.6 Å². The van der Waals surface area contributed by atoms with Gasteiger partial charge in [-0.3, -0.25) is 9.59 Å². The molecule has 14 heteroatoms. The van der Waals surface area contributed by atoms with Gasteiger partial charge in [-0.25, -0.2) is 4.98 Å². The average Bonchev–Trinajstić information content (AvgIpc) is 2.77. The Labute approximate surface area is 197 Å². The van der Waals surface area contributed by atoms with Crippen molar-refractivity contribution in [2.45, 2.75) is 56.9 Å². The molecule has 2 amide bonds. The Morgan fingerprint density at radius 3 is 2.03 bits per heavy atom. The summed E-state index contributed by atoms with van der Waals surface area (Å²) >= 11 is 0. The van der Waals surface area contributed by atoms with E-state index < -0.39 is 42.0 Å². The molecule has 1 saturated heterocycles. The maximum absolute atomic E-state index is 13.1. The molecule has 35 heavy (non-hydrogen) atoms. The third-order valence-electron chi connectivity index (χ3n) is 6.49. The summed E-state index contributed by atoms with van der Waals surface area (Å²) in [5.41, 5.74) is 11.1. The molecular weight excluding hydrogens is 482 g/mol. The zero-order chi connectivity index (χ0) is 26.0. The SMILES string of the molecule is NC(=O)CNc1nc(N2CCC(C(F)(F)F)CC2)c(C(=O)N[C@H]2CC[C@H](C(F)(F)F)CC2)cc1N. The molecule has 1 aliphatic carbocycles. The summed E-state index contributed by atoms with van der Waals surface area (Å²) in [5.74, 6) is -4.09. The Balaban J connectivity index is 1.79. The number of amides is 2. The number of primary amides is 1. The first kappa shape index (κ1) is 26.7. The Hall–Kier alpha value is -2.93. The highest BCUT2D eigenvalue weighted by molar-refractivity contribution is 6.01. The molecule has 1 aromatic heterocycles. The minimum absolute atomic E-state index is 0.00414. The van der Waals surface area contributed by atoms with Crippen LogP contribution < -0.4 is 27.0 Å². The van der Waals surface area contributed by atoms with Crippen molar-refractivity contribution < 1.29 is 35.9 Å². The van der Waals surface area contributed by atoms with E-state index in [1.807, 2.05) is 0 Å². The minimum atomic E-state index is -4.33. The van der Waals surface area contributed by atoms with Crippen LogP contribution in [0.1, 0.15) is 48.9 Å². The summed E-state index contributed by atoms with van der Waals surface area (Å²) in [7, 11) is 0. The fraction of sp³-hybridized carbons (Fsp3) is 0.667. The summed E-state index contributed by atoms with van der Waals surface area (Å²) in [6, 6.07) is 0.803. The van der Waals surface area contributed by atoms with Gasteiger partial charge >= 0.3 is 12.4 Å². The van der Waals surface area contributed by atoms with E-state index in [1.54, 1.807) is 0 Å². The number of nitrogens with one attached hydrogen (secondary N) is 2. The molecule has 1 aromatic rings. The molecule has 1 saturated carbocycles. The monoisotopic (exact) mass is 510 g/mol. The van der Waals surface area contributed by atoms with E-state index in [1.165, 1.54) is 11.0 Å². The van der Waals surface area contributed by atoms with Crippen LogP contribution in [-0.2, 0) is 4.79 Å². The van der Waals surface area contributed by atoms with Crippen molar-refractivity contribution >= 4 is 29.1 Å². The molecule has 196 valence electrons. The van der Waals surface area contributed by atoms with Crippen molar-refractivity contribution in [3.63, 3.8) is 0 Å². The first-order chi connectivity index (χ1) is 16.3. The predicted molar refractivity (Wildman–Crippen MR) is 117 cm³/mol. The van der Waals surface area contributed by atoms with Gasteiger partial charge in [-0.15, -0.1) is 0 Å². The van der Waals surface area contributed by atoms with Gasteiger partial charge in [0.2, 0.25) is 5.91 Å². The summed E-state index contributed by atoms with van der Waals surface area (Å²) < 4.78 is 78.1. The maximum atomic E-state index is 13.1. The molecule has 6 N–H and O–H groups in total. The summed E-state index contributed by atoms with van der Waals surface area (Å²) in [6.45, 7) is -0.346. The van der Waals surface area contributed by atoms with Crippen molar-refractivity contribution in [1.82, 2.24) is 10.3 Å². The smallest absolute Gasteiger partial charge is 0.391 e. The number of hydrogen-bond donors (Lipinski definition) is 4. The number of carbonyl (C=O) groups is 2. The number of nitrogens with zero attached hydrogens (tertiary/aromatic N) is 2. The van der Waals surface area contributed by atoms with E-state index in [0.29, 0.717) is 0 Å². The van der Waals surface area contributed by atoms with Crippen molar-refractivity contribution in [3.8, 4) is 0 Å². The molecular formula is C21H28F6N6O2. The predicted octanol–water partition coefficient (Wildman–Crippen LogP) is 3.19. The Bertz CT molecular complexity index is 922. The van der Waals surface area contributed by atoms with E-state index in [2.05, 4.69) is 15.6 Å². The van der Waals surface area contributed by atoms with Crippen LogP contribution in [0.5, 0.6) is 0 Å². The van der Waals surface area contributed by atoms with Gasteiger partial charge in [-0.1, -0.05) is 0 Å². The van der Waals surface area contributed by atoms with Gasteiger partial charge in [0.25, 0.3) is 5.91 Å². The summed E-state index contributed by atoms with van der Waals surface area (Å²) in [4.78, 5) is 30.0. The van der Waals surface area contributed by atoms with E-state index in [9.17, 15) is 35.9 Å². The summed E-state index contributed by atoms with van der Waals surface area (Å²) in [5, 5.41) is 5.35. The quantitative estimate of drug-likeness (QED) is 0.436. The molecule has 0 unspecified atom stereocenters. The highest BCUT2D eigenvalue weighted by Gasteiger charge is 2.43. The van der Waals surface area contributed by atoms with Gasteiger partial charge in [0.1, 0.15) is 5.82 Å². The molecule has 0 radical (unpaired) electrons. The van der Waals surface area contributed by atoms with Crippen molar-refractivity contribution in [2.24, 2.45) is 17.6 Å². The largest absolute Gasteiger partial charge is 0.396 e. The number of alkyl halides is 6. The first-order valence-electron chi connectivity index (χ1n) is 11.3. The van der Waals surface area contributed by atoms with Crippen LogP contribution >= 0.6 is 0 Å². The number of rotatable bonds is 6. The lowest BCUT2D eigenvalue weighted by molar-refractivity contribution is -0.182. The number of nitrogen functional groups attached to an aromatic ring is 1. The second kappa shape index (κ2) is 10.4. The number of pyridine rings is 1. The van der Waals surface area contributed by atoms with Crippen LogP contribution in [0.4, 0.5) is 43.7 Å². The molecule has 0 spiro atoms. The molecule has 2 fully saturated rings. The fourth-order valence-electron chi connectivity index (χ4n) is 4.49. The first-order valence-corrected chi connectivity index (χ1v) is 11.3. The Morgan fingerprint density at radius 2 is 1.51 bits per heavy atom. The number of nitrogens with two attached hydrogens (primary N) is 2. The van der Waals surface area contributed by atoms with Crippen LogP contribution in [0.2, 0.25) is 0 Å². The number of piperidine rings is 1. The van der Waals surface area contributed by atoms with Crippen LogP contribution in [-0.4, -0.2) is 54.8 Å². The average molecular weight is 510 g/mol. The van der Waals surface area contributed by atoms with E-state index in [-0.39, 0.29) is 81.0 Å². The lowest BCUT2D eigenvalue weighted by Gasteiger charge is -2.35. The lowest BCUT2D eigenvalue weighted by atomic mass is 9.85. The number of anilines is 3. The van der Waals surface area contributed by atoms with Crippen LogP contribution in [0.15, 0.2) is 6.07 Å². The van der Waals surface area contributed by atoms with E-state index in [0.717, 1.165) is 0 Å². The second-order valence-electron chi connectivity index (χ2n) is 8.98. The van der Waals surface area contributed by atoms with Crippen LogP contribution in [0.25, 0.3) is 0 Å². The van der Waals surface area contributed by atoms with E-state index >= 15 is 0 Å². The van der Waals surface area contributed by atoms with Crippen molar-refractivity contribution in [2.75, 3.05) is 35.6 Å². The highest BCUT2D eigenvalue weighted by atomic mass is 19.4. The number of carbonyl (C=O) groups excluding carboxylic acids is 2. The molecule has 2 aliphatic rings. The Morgan fingerprint density at radius 1 is 0.971 bits per heavy atom. The van der Waals surface area contributed by atoms with Crippen molar-refractivity contribution in [1.29, 1.82) is 0 Å². The van der Waals surface area contributed by atoms with Crippen LogP contribution in [0, 0.1) is 11.8 Å². The molecule has 3 rings (SSSR count). The molecule has 8 nitrogen and oxygen atoms in total. The lowest BCUT2D eigenvalue weighted by Crippen LogP contribution is -2.42. The normalized spacial score (nSPS) is 22.1. The minimum Gasteiger partial charge on any atom is -0.396 e. The zero-order valence-electron chi connectivity index (χ0n) is 18.8. The van der Waals surface area contributed by atoms with Gasteiger partial charge < -0.3 is 27.0 Å². The zero-order valence-corrected chi connectivity index (χ0v) is 18.8. The van der Waals surface area contributed by atoms with Gasteiger partial charge in [-0.2, -0.15) is 26.3 Å². The maximum Gasteiger partial charge on any atom is 0.391 e. The van der Waals surface area contributed by atoms with Gasteiger partial charge in [0.15, 0.2) is 5.82 Å². The molecule has 0 atom stereocenters. The van der Waals surface area contributed by atoms with Gasteiger partial charge in [0, 0.05) is 19.1 Å². The number of hydrogen-bond acceptors (Lipinski definition) is 6. The highest BCUT2D eigenvalue weighted by Crippen LogP contribution is 2.39. The summed E-state index contributed by atoms with van der Waals surface area (Å²) in [6.07, 6.45) is -8.93. The van der Waals surface area contributed by atoms with Crippen molar-refractivity contribution in [3.05, 3.63) is 11.6 Å². The molecule has 0 aromatic carbocycles.